The lowest BCUT2D eigenvalue weighted by atomic mass is 10.0. The standard InChI is InChI=1S/C73H47N15/c1-9-33-74-54(18-1)65-59-23-4-12-37-84(59)64(79-65)42-47-28-30-48(31-29-47)70-83-69(63-27-8-13-38-85(63)70)58-46-49(32-36-77-58)53-21-17-22-57(78-53)68-62-26-7-16-41-88(62)73(82-68)52-44-50(71-80-66(55-19-2-10-34-75-55)60-24-5-14-39-86(60)71)43-51(45-52)72-81-67(56-20-3-11-35-76-56)61-25-6-15-40-87(61)72/h1-41,43-46H,42H2. The molecule has 15 nitrogen and oxygen atoms in total. The summed E-state index contributed by atoms with van der Waals surface area (Å²) in [6.45, 7) is 0. The van der Waals surface area contributed by atoms with E-state index < -0.39 is 0 Å². The van der Waals surface area contributed by atoms with Crippen LogP contribution in [0.4, 0.5) is 0 Å². The molecule has 0 aliphatic carbocycles. The van der Waals surface area contributed by atoms with E-state index in [4.69, 9.17) is 44.9 Å². The molecule has 0 atom stereocenters. The fraction of sp³-hybridized carbons (Fsp3) is 0.0137. The van der Waals surface area contributed by atoms with Gasteiger partial charge >= 0.3 is 0 Å². The molecule has 15 aromatic heterocycles. The molecule has 0 aliphatic heterocycles. The van der Waals surface area contributed by atoms with Crippen LogP contribution in [0.15, 0.2) is 274 Å². The van der Waals surface area contributed by atoms with Crippen LogP contribution in [-0.4, -0.2) is 71.8 Å². The smallest absolute Gasteiger partial charge is 0.145 e. The first-order valence-electron chi connectivity index (χ1n) is 28.9. The minimum Gasteiger partial charge on any atom is -0.303 e. The summed E-state index contributed by atoms with van der Waals surface area (Å²) in [4.78, 5) is 51.1. The van der Waals surface area contributed by atoms with Gasteiger partial charge in [0.15, 0.2) is 0 Å². The zero-order valence-electron chi connectivity index (χ0n) is 46.9. The van der Waals surface area contributed by atoms with Crippen molar-refractivity contribution >= 4 is 27.6 Å². The van der Waals surface area contributed by atoms with E-state index in [0.29, 0.717) is 12.1 Å². The molecule has 88 heavy (non-hydrogen) atoms. The van der Waals surface area contributed by atoms with Gasteiger partial charge in [0.1, 0.15) is 57.6 Å². The van der Waals surface area contributed by atoms with Gasteiger partial charge in [0, 0.05) is 90.0 Å². The molecule has 17 aromatic rings. The summed E-state index contributed by atoms with van der Waals surface area (Å²) in [5.41, 5.74) is 18.9. The zero-order valence-corrected chi connectivity index (χ0v) is 46.9. The second kappa shape index (κ2) is 20.8. The summed E-state index contributed by atoms with van der Waals surface area (Å²) < 4.78 is 10.7. The molecule has 0 amide bonds. The molecular formula is C73H47N15. The van der Waals surface area contributed by atoms with Crippen LogP contribution in [-0.2, 0) is 6.42 Å². The predicted octanol–water partition coefficient (Wildman–Crippen LogP) is 15.2. The summed E-state index contributed by atoms with van der Waals surface area (Å²) in [5, 5.41) is 0. The molecular weight excluding hydrogens is 1090 g/mol. The van der Waals surface area contributed by atoms with Gasteiger partial charge in [-0.3, -0.25) is 37.5 Å². The van der Waals surface area contributed by atoms with Gasteiger partial charge in [0.05, 0.1) is 61.7 Å². The van der Waals surface area contributed by atoms with Crippen molar-refractivity contribution in [1.82, 2.24) is 71.8 Å². The number of pyridine rings is 10. The monoisotopic (exact) mass is 1130 g/mol. The van der Waals surface area contributed by atoms with E-state index in [0.717, 1.165) is 147 Å². The second-order valence-electron chi connectivity index (χ2n) is 21.4. The van der Waals surface area contributed by atoms with Crippen molar-refractivity contribution in [3.63, 3.8) is 0 Å². The molecule has 0 radical (unpaired) electrons. The van der Waals surface area contributed by atoms with E-state index in [1.807, 2.05) is 158 Å². The van der Waals surface area contributed by atoms with Gasteiger partial charge in [-0.1, -0.05) is 78.9 Å². The van der Waals surface area contributed by atoms with Crippen LogP contribution in [0.2, 0.25) is 0 Å². The van der Waals surface area contributed by atoms with Crippen LogP contribution >= 0.6 is 0 Å². The fourth-order valence-electron chi connectivity index (χ4n) is 12.1. The van der Waals surface area contributed by atoms with Gasteiger partial charge in [0.2, 0.25) is 0 Å². The van der Waals surface area contributed by atoms with Crippen molar-refractivity contribution in [3.8, 4) is 114 Å². The Morgan fingerprint density at radius 1 is 0.239 bits per heavy atom. The molecule has 414 valence electrons. The Hall–Kier alpha value is -12.4. The minimum absolute atomic E-state index is 0.643. The maximum atomic E-state index is 5.54. The van der Waals surface area contributed by atoms with Crippen LogP contribution in [0.1, 0.15) is 11.4 Å². The molecule has 0 fully saturated rings. The van der Waals surface area contributed by atoms with E-state index in [-0.39, 0.29) is 0 Å². The fourth-order valence-corrected chi connectivity index (χ4v) is 12.1. The molecule has 0 spiro atoms. The molecule has 17 rings (SSSR count). The number of aromatic nitrogens is 15. The molecule has 15 heteroatoms. The molecule has 0 aliphatic rings. The maximum Gasteiger partial charge on any atom is 0.145 e. The number of hydrogen-bond donors (Lipinski definition) is 0. The first-order valence-corrected chi connectivity index (χ1v) is 28.9. The third-order valence-corrected chi connectivity index (χ3v) is 16.1. The molecule has 0 unspecified atom stereocenters. The van der Waals surface area contributed by atoms with Crippen molar-refractivity contribution < 1.29 is 0 Å². The van der Waals surface area contributed by atoms with Crippen molar-refractivity contribution in [3.05, 3.63) is 286 Å². The SMILES string of the molecule is c1ccc(-c2nc(Cc3ccc(-c4nc(-c5cc(-c6cccc(-c7nc(-c8cc(-c9nc(-c%10ccccn%10)c%10ccccn9%10)cc(-c9nc(-c%10ccccn%10)c%10ccccn9%10)c8)n8ccccc78)n6)ccn5)c5ccccn45)cc3)n3ccccc23)nc1. The third kappa shape index (κ3) is 8.59. The Morgan fingerprint density at radius 3 is 1.08 bits per heavy atom. The number of rotatable bonds is 12. The molecule has 0 saturated carbocycles. The number of fused-ring (bicyclic) bond motifs is 5. The third-order valence-electron chi connectivity index (χ3n) is 16.1. The highest BCUT2D eigenvalue weighted by Gasteiger charge is 2.24. The van der Waals surface area contributed by atoms with E-state index in [2.05, 4.69) is 124 Å². The molecule has 0 saturated heterocycles. The molecule has 0 N–H and O–H groups in total. The quantitative estimate of drug-likeness (QED) is 0.116. The summed E-state index contributed by atoms with van der Waals surface area (Å²) in [6.07, 6.45) is 18.2. The average Bonchev–Trinajstić information content (AvgIpc) is 2.52. The first-order chi connectivity index (χ1) is 43.6. The van der Waals surface area contributed by atoms with Gasteiger partial charge in [0.25, 0.3) is 0 Å². The van der Waals surface area contributed by atoms with Gasteiger partial charge in [-0.15, -0.1) is 0 Å². The lowest BCUT2D eigenvalue weighted by Crippen LogP contribution is -1.96. The molecule has 0 bridgehead atoms. The Morgan fingerprint density at radius 2 is 0.614 bits per heavy atom. The molecule has 15 heterocycles. The van der Waals surface area contributed by atoms with Gasteiger partial charge in [-0.2, -0.15) is 0 Å². The van der Waals surface area contributed by atoms with Gasteiger partial charge < -0.3 is 4.40 Å². The van der Waals surface area contributed by atoms with E-state index >= 15 is 0 Å². The predicted molar refractivity (Wildman–Crippen MR) is 343 cm³/mol. The van der Waals surface area contributed by atoms with Crippen molar-refractivity contribution in [2.75, 3.05) is 0 Å². The van der Waals surface area contributed by atoms with Crippen molar-refractivity contribution in [2.24, 2.45) is 0 Å². The van der Waals surface area contributed by atoms with Crippen molar-refractivity contribution in [1.29, 1.82) is 0 Å². The van der Waals surface area contributed by atoms with Crippen LogP contribution in [0.25, 0.3) is 141 Å². The Kier molecular flexibility index (Phi) is 11.8. The first kappa shape index (κ1) is 50.2. The summed E-state index contributed by atoms with van der Waals surface area (Å²) >= 11 is 0. The number of imidazole rings is 5. The summed E-state index contributed by atoms with van der Waals surface area (Å²) in [6, 6.07) is 73.7. The largest absolute Gasteiger partial charge is 0.303 e. The maximum absolute atomic E-state index is 5.54. The minimum atomic E-state index is 0.643. The Bertz CT molecular complexity index is 5350. The normalized spacial score (nSPS) is 11.7. The van der Waals surface area contributed by atoms with Crippen LogP contribution in [0.5, 0.6) is 0 Å². The Labute approximate surface area is 502 Å². The van der Waals surface area contributed by atoms with Gasteiger partial charge in [-0.25, -0.2) is 29.9 Å². The van der Waals surface area contributed by atoms with Crippen LogP contribution in [0, 0.1) is 0 Å². The Balaban J connectivity index is 0.739. The summed E-state index contributed by atoms with van der Waals surface area (Å²) in [5.74, 6) is 3.98. The highest BCUT2D eigenvalue weighted by atomic mass is 15.1. The zero-order chi connectivity index (χ0) is 58.1. The van der Waals surface area contributed by atoms with E-state index in [9.17, 15) is 0 Å². The summed E-state index contributed by atoms with van der Waals surface area (Å²) in [7, 11) is 0. The highest BCUT2D eigenvalue weighted by molar-refractivity contribution is 5.88. The number of hydrogen-bond acceptors (Lipinski definition) is 10. The molecule has 2 aromatic carbocycles. The number of benzene rings is 2. The second-order valence-corrected chi connectivity index (χ2v) is 21.4. The van der Waals surface area contributed by atoms with Crippen LogP contribution in [0.3, 0.4) is 0 Å². The van der Waals surface area contributed by atoms with E-state index in [1.54, 1.807) is 18.6 Å². The average molecular weight is 1130 g/mol. The number of nitrogens with zero attached hydrogens (tertiary/aromatic N) is 15. The van der Waals surface area contributed by atoms with Crippen molar-refractivity contribution in [2.45, 2.75) is 6.42 Å². The van der Waals surface area contributed by atoms with Gasteiger partial charge in [-0.05, 0) is 145 Å². The lowest BCUT2D eigenvalue weighted by molar-refractivity contribution is 0.961. The van der Waals surface area contributed by atoms with Crippen LogP contribution < -0.4 is 0 Å². The lowest BCUT2D eigenvalue weighted by Gasteiger charge is -2.10. The highest BCUT2D eigenvalue weighted by Crippen LogP contribution is 2.39. The topological polar surface area (TPSA) is 151 Å². The van der Waals surface area contributed by atoms with E-state index in [1.165, 1.54) is 0 Å².